The number of rotatable bonds is 11. The first-order valence-corrected chi connectivity index (χ1v) is 9.33. The van der Waals surface area contributed by atoms with E-state index in [1.807, 2.05) is 6.92 Å². The molecule has 0 unspecified atom stereocenters. The Morgan fingerprint density at radius 3 is 2.41 bits per heavy atom. The standard InChI is InChI=1S/C19H28ClN3O4/c1-4-5-6-15(12-23(27)13-24)18(25)21-17(19(26)22(2)3)11-14-7-9-16(20)10-8-14/h7-10,13,15,17,27H,4-6,11-12H2,1-3H3,(H,21,25)/t15-,17+/m1/s1. The van der Waals surface area contributed by atoms with Crippen LogP contribution in [0, 0.1) is 5.92 Å². The molecule has 27 heavy (non-hydrogen) atoms. The Morgan fingerprint density at radius 2 is 1.89 bits per heavy atom. The van der Waals surface area contributed by atoms with Crippen LogP contribution < -0.4 is 5.32 Å². The molecule has 7 nitrogen and oxygen atoms in total. The first-order chi connectivity index (χ1) is 12.8. The smallest absolute Gasteiger partial charge is 0.244 e. The van der Waals surface area contributed by atoms with Crippen LogP contribution in [0.15, 0.2) is 24.3 Å². The molecule has 0 aliphatic rings. The van der Waals surface area contributed by atoms with Crippen molar-refractivity contribution in [2.75, 3.05) is 20.6 Å². The maximum absolute atomic E-state index is 12.7. The van der Waals surface area contributed by atoms with E-state index in [-0.39, 0.29) is 24.8 Å². The molecule has 0 radical (unpaired) electrons. The molecular weight excluding hydrogens is 370 g/mol. The van der Waals surface area contributed by atoms with Crippen molar-refractivity contribution in [2.45, 2.75) is 38.6 Å². The molecule has 150 valence electrons. The van der Waals surface area contributed by atoms with Gasteiger partial charge in [-0.25, -0.2) is 5.06 Å². The highest BCUT2D eigenvalue weighted by atomic mass is 35.5. The number of benzene rings is 1. The number of carbonyl (C=O) groups is 3. The van der Waals surface area contributed by atoms with Crippen LogP contribution >= 0.6 is 11.6 Å². The van der Waals surface area contributed by atoms with E-state index in [0.29, 0.717) is 22.9 Å². The molecule has 1 aromatic carbocycles. The highest BCUT2D eigenvalue weighted by Gasteiger charge is 2.27. The van der Waals surface area contributed by atoms with Crippen LogP contribution in [-0.4, -0.2) is 60.1 Å². The van der Waals surface area contributed by atoms with Crippen molar-refractivity contribution in [1.82, 2.24) is 15.3 Å². The highest BCUT2D eigenvalue weighted by molar-refractivity contribution is 6.30. The van der Waals surface area contributed by atoms with Crippen molar-refractivity contribution in [2.24, 2.45) is 5.92 Å². The summed E-state index contributed by atoms with van der Waals surface area (Å²) in [5, 5.41) is 13.3. The average Bonchev–Trinajstić information content (AvgIpc) is 2.65. The fourth-order valence-electron chi connectivity index (χ4n) is 2.68. The summed E-state index contributed by atoms with van der Waals surface area (Å²) >= 11 is 5.90. The fourth-order valence-corrected chi connectivity index (χ4v) is 2.81. The molecule has 0 bridgehead atoms. The second-order valence-corrected chi connectivity index (χ2v) is 7.13. The molecule has 0 fully saturated rings. The van der Waals surface area contributed by atoms with E-state index in [1.165, 1.54) is 4.90 Å². The van der Waals surface area contributed by atoms with Gasteiger partial charge in [0, 0.05) is 25.5 Å². The molecule has 0 heterocycles. The maximum Gasteiger partial charge on any atom is 0.244 e. The van der Waals surface area contributed by atoms with Crippen molar-refractivity contribution in [3.05, 3.63) is 34.9 Å². The lowest BCUT2D eigenvalue weighted by Crippen LogP contribution is -2.50. The summed E-state index contributed by atoms with van der Waals surface area (Å²) in [5.74, 6) is -1.19. The van der Waals surface area contributed by atoms with Crippen molar-refractivity contribution in [3.8, 4) is 0 Å². The van der Waals surface area contributed by atoms with Gasteiger partial charge in [0.15, 0.2) is 0 Å². The molecule has 2 N–H and O–H groups in total. The summed E-state index contributed by atoms with van der Waals surface area (Å²) in [7, 11) is 3.25. The van der Waals surface area contributed by atoms with Gasteiger partial charge >= 0.3 is 0 Å². The van der Waals surface area contributed by atoms with Gasteiger partial charge in [-0.05, 0) is 24.1 Å². The Hall–Kier alpha value is -2.12. The molecule has 3 amide bonds. The molecule has 0 aliphatic heterocycles. The van der Waals surface area contributed by atoms with Gasteiger partial charge in [-0.2, -0.15) is 0 Å². The van der Waals surface area contributed by atoms with Crippen molar-refractivity contribution >= 4 is 29.8 Å². The molecule has 8 heteroatoms. The van der Waals surface area contributed by atoms with E-state index >= 15 is 0 Å². The third-order valence-corrected chi connectivity index (χ3v) is 4.47. The molecule has 0 spiro atoms. The molecule has 0 aliphatic carbocycles. The topological polar surface area (TPSA) is 90.0 Å². The van der Waals surface area contributed by atoms with E-state index < -0.39 is 12.0 Å². The summed E-state index contributed by atoms with van der Waals surface area (Å²) in [6.07, 6.45) is 2.74. The van der Waals surface area contributed by atoms with E-state index in [9.17, 15) is 19.6 Å². The van der Waals surface area contributed by atoms with Gasteiger partial charge in [0.1, 0.15) is 6.04 Å². The number of halogens is 1. The molecular formula is C19H28ClN3O4. The van der Waals surface area contributed by atoms with Crippen LogP contribution in [0.3, 0.4) is 0 Å². The number of hydrogen-bond acceptors (Lipinski definition) is 4. The number of nitrogens with zero attached hydrogens (tertiary/aromatic N) is 2. The third kappa shape index (κ3) is 7.97. The molecule has 0 saturated carbocycles. The normalized spacial score (nSPS) is 12.8. The second kappa shape index (κ2) is 11.6. The predicted molar refractivity (Wildman–Crippen MR) is 103 cm³/mol. The van der Waals surface area contributed by atoms with Gasteiger partial charge in [-0.1, -0.05) is 43.5 Å². The van der Waals surface area contributed by atoms with Crippen molar-refractivity contribution in [1.29, 1.82) is 0 Å². The summed E-state index contributed by atoms with van der Waals surface area (Å²) in [6, 6.07) is 6.32. The predicted octanol–water partition coefficient (Wildman–Crippen LogP) is 2.11. The first kappa shape index (κ1) is 22.9. The Labute approximate surface area is 165 Å². The summed E-state index contributed by atoms with van der Waals surface area (Å²) in [6.45, 7) is 1.88. The van der Waals surface area contributed by atoms with Gasteiger partial charge < -0.3 is 10.2 Å². The van der Waals surface area contributed by atoms with E-state index in [1.54, 1.807) is 38.4 Å². The van der Waals surface area contributed by atoms with Gasteiger partial charge in [0.25, 0.3) is 0 Å². The van der Waals surface area contributed by atoms with Crippen LogP contribution in [0.2, 0.25) is 5.02 Å². The van der Waals surface area contributed by atoms with Gasteiger partial charge in [0.05, 0.1) is 12.5 Å². The number of nitrogens with one attached hydrogen (secondary N) is 1. The molecule has 2 atom stereocenters. The zero-order valence-corrected chi connectivity index (χ0v) is 16.8. The number of carbonyl (C=O) groups excluding carboxylic acids is 3. The third-order valence-electron chi connectivity index (χ3n) is 4.21. The summed E-state index contributed by atoms with van der Waals surface area (Å²) < 4.78 is 0. The Balaban J connectivity index is 2.92. The maximum atomic E-state index is 12.7. The van der Waals surface area contributed by atoms with Gasteiger partial charge in [-0.15, -0.1) is 0 Å². The molecule has 0 saturated heterocycles. The number of amides is 3. The lowest BCUT2D eigenvalue weighted by atomic mass is 9.99. The number of hydrogen-bond donors (Lipinski definition) is 2. The quantitative estimate of drug-likeness (QED) is 0.340. The van der Waals surface area contributed by atoms with Crippen LogP contribution in [0.4, 0.5) is 0 Å². The largest absolute Gasteiger partial charge is 0.347 e. The summed E-state index contributed by atoms with van der Waals surface area (Å²) in [5.41, 5.74) is 0.863. The minimum atomic E-state index is -0.749. The Bertz CT molecular complexity index is 622. The van der Waals surface area contributed by atoms with Crippen LogP contribution in [0.1, 0.15) is 31.7 Å². The first-order valence-electron chi connectivity index (χ1n) is 8.95. The average molecular weight is 398 g/mol. The van der Waals surface area contributed by atoms with Crippen molar-refractivity contribution < 1.29 is 19.6 Å². The lowest BCUT2D eigenvalue weighted by molar-refractivity contribution is -0.155. The number of unbranched alkanes of at least 4 members (excludes halogenated alkanes) is 1. The van der Waals surface area contributed by atoms with E-state index in [2.05, 4.69) is 5.32 Å². The number of hydroxylamine groups is 2. The van der Waals surface area contributed by atoms with Crippen LogP contribution in [0.5, 0.6) is 0 Å². The fraction of sp³-hybridized carbons (Fsp3) is 0.526. The minimum absolute atomic E-state index is 0.112. The monoisotopic (exact) mass is 397 g/mol. The zero-order valence-electron chi connectivity index (χ0n) is 16.0. The molecule has 1 aromatic rings. The van der Waals surface area contributed by atoms with Gasteiger partial charge in [0.2, 0.25) is 18.2 Å². The molecule has 1 rings (SSSR count). The van der Waals surface area contributed by atoms with Crippen LogP contribution in [0.25, 0.3) is 0 Å². The second-order valence-electron chi connectivity index (χ2n) is 6.69. The van der Waals surface area contributed by atoms with E-state index in [4.69, 9.17) is 11.6 Å². The van der Waals surface area contributed by atoms with Crippen molar-refractivity contribution in [3.63, 3.8) is 0 Å². The Morgan fingerprint density at radius 1 is 1.26 bits per heavy atom. The summed E-state index contributed by atoms with van der Waals surface area (Å²) in [4.78, 5) is 37.4. The minimum Gasteiger partial charge on any atom is -0.347 e. The highest BCUT2D eigenvalue weighted by Crippen LogP contribution is 2.14. The van der Waals surface area contributed by atoms with Gasteiger partial charge in [-0.3, -0.25) is 19.6 Å². The SMILES string of the molecule is CCCC[C@H](CN(O)C=O)C(=O)N[C@@H](Cc1ccc(Cl)cc1)C(=O)N(C)C. The lowest BCUT2D eigenvalue weighted by Gasteiger charge is -2.25. The Kier molecular flexibility index (Phi) is 9.82. The number of likely N-dealkylation sites (N-methyl/N-ethyl adjacent to an activating group) is 1. The van der Waals surface area contributed by atoms with Crippen LogP contribution in [-0.2, 0) is 20.8 Å². The van der Waals surface area contributed by atoms with E-state index in [0.717, 1.165) is 18.4 Å². The molecule has 0 aromatic heterocycles. The zero-order chi connectivity index (χ0) is 20.4.